The Balaban J connectivity index is 0.00000289. The minimum atomic E-state index is -0.0991. The van der Waals surface area contributed by atoms with Gasteiger partial charge in [-0.1, -0.05) is 18.2 Å². The van der Waals surface area contributed by atoms with Crippen LogP contribution in [0, 0.1) is 6.92 Å². The molecule has 0 bridgehead atoms. The van der Waals surface area contributed by atoms with Crippen LogP contribution in [0.3, 0.4) is 0 Å². The third-order valence-electron chi connectivity index (χ3n) is 5.78. The van der Waals surface area contributed by atoms with Crippen LogP contribution in [0.15, 0.2) is 42.6 Å². The number of aryl methyl sites for hydroxylation is 1. The number of likely N-dealkylation sites (N-methyl/N-ethyl adjacent to an activating group) is 2. The average Bonchev–Trinajstić information content (AvgIpc) is 3.12. The van der Waals surface area contributed by atoms with Crippen LogP contribution in [0.4, 0.5) is 5.82 Å². The number of anilines is 1. The van der Waals surface area contributed by atoms with Crippen LogP contribution in [-0.4, -0.2) is 52.2 Å². The predicted octanol–water partition coefficient (Wildman–Crippen LogP) is 3.91. The molecule has 1 unspecified atom stereocenters. The molecule has 2 aromatic heterocycles. The molecular formula is C24H28ClN5O2. The SMILES string of the molecule is Cc1cccc2cc(C(C)N(C)C(=O)C=Cc3cnc4c(c3)CN(C)CC(=O)N4)[nH]c12.Cl. The van der Waals surface area contributed by atoms with E-state index in [-0.39, 0.29) is 30.3 Å². The number of carbonyl (C=O) groups is 2. The van der Waals surface area contributed by atoms with Gasteiger partial charge in [-0.15, -0.1) is 12.4 Å². The van der Waals surface area contributed by atoms with Gasteiger partial charge in [0.25, 0.3) is 0 Å². The number of halogens is 1. The number of hydrogen-bond donors (Lipinski definition) is 2. The Morgan fingerprint density at radius 3 is 2.81 bits per heavy atom. The van der Waals surface area contributed by atoms with E-state index in [0.29, 0.717) is 18.9 Å². The Morgan fingerprint density at radius 1 is 1.28 bits per heavy atom. The highest BCUT2D eigenvalue weighted by molar-refractivity contribution is 5.94. The van der Waals surface area contributed by atoms with E-state index in [1.54, 1.807) is 30.3 Å². The highest BCUT2D eigenvalue weighted by atomic mass is 35.5. The number of amides is 2. The molecular weight excluding hydrogens is 426 g/mol. The molecule has 0 fully saturated rings. The molecule has 0 saturated carbocycles. The molecule has 3 aromatic rings. The second kappa shape index (κ2) is 9.54. The monoisotopic (exact) mass is 453 g/mol. The van der Waals surface area contributed by atoms with Crippen molar-refractivity contribution in [2.45, 2.75) is 26.4 Å². The normalized spacial score (nSPS) is 15.1. The van der Waals surface area contributed by atoms with E-state index in [0.717, 1.165) is 27.7 Å². The number of nitrogens with one attached hydrogen (secondary N) is 2. The highest BCUT2D eigenvalue weighted by Gasteiger charge is 2.19. The van der Waals surface area contributed by atoms with Gasteiger partial charge in [0.15, 0.2) is 0 Å². The first-order valence-corrected chi connectivity index (χ1v) is 10.3. The maximum Gasteiger partial charge on any atom is 0.246 e. The number of hydrogen-bond acceptors (Lipinski definition) is 4. The number of carbonyl (C=O) groups excluding carboxylic acids is 2. The minimum Gasteiger partial charge on any atom is -0.356 e. The first kappa shape index (κ1) is 23.5. The lowest BCUT2D eigenvalue weighted by Gasteiger charge is -2.22. The Hall–Kier alpha value is -3.16. The zero-order chi connectivity index (χ0) is 22.1. The van der Waals surface area contributed by atoms with E-state index < -0.39 is 0 Å². The van der Waals surface area contributed by atoms with Crippen molar-refractivity contribution in [3.63, 3.8) is 0 Å². The summed E-state index contributed by atoms with van der Waals surface area (Å²) >= 11 is 0. The molecule has 0 spiro atoms. The molecule has 1 aliphatic heterocycles. The van der Waals surface area contributed by atoms with Crippen LogP contribution in [0.5, 0.6) is 0 Å². The number of pyridine rings is 1. The lowest BCUT2D eigenvalue weighted by atomic mass is 10.1. The summed E-state index contributed by atoms with van der Waals surface area (Å²) in [4.78, 5) is 36.1. The van der Waals surface area contributed by atoms with Crippen molar-refractivity contribution in [3.8, 4) is 0 Å². The number of aromatic amines is 1. The number of nitrogens with zero attached hydrogens (tertiary/aromatic N) is 3. The molecule has 0 aliphatic carbocycles. The van der Waals surface area contributed by atoms with E-state index in [2.05, 4.69) is 40.4 Å². The van der Waals surface area contributed by atoms with Gasteiger partial charge in [0.05, 0.1) is 12.6 Å². The second-order valence-corrected chi connectivity index (χ2v) is 8.22. The third-order valence-corrected chi connectivity index (χ3v) is 5.78. The Bertz CT molecular complexity index is 1190. The molecule has 32 heavy (non-hydrogen) atoms. The van der Waals surface area contributed by atoms with Gasteiger partial charge in [0.1, 0.15) is 5.82 Å². The lowest BCUT2D eigenvalue weighted by Crippen LogP contribution is -2.28. The smallest absolute Gasteiger partial charge is 0.246 e. The van der Waals surface area contributed by atoms with Crippen LogP contribution >= 0.6 is 12.4 Å². The van der Waals surface area contributed by atoms with E-state index in [1.165, 1.54) is 5.56 Å². The first-order valence-electron chi connectivity index (χ1n) is 10.3. The fourth-order valence-corrected chi connectivity index (χ4v) is 3.86. The Kier molecular flexibility index (Phi) is 7.01. The van der Waals surface area contributed by atoms with Crippen molar-refractivity contribution in [1.29, 1.82) is 0 Å². The Labute approximate surface area is 193 Å². The van der Waals surface area contributed by atoms with Gasteiger partial charge < -0.3 is 15.2 Å². The number of H-pyrrole nitrogens is 1. The maximum absolute atomic E-state index is 12.8. The third kappa shape index (κ3) is 4.84. The van der Waals surface area contributed by atoms with Gasteiger partial charge >= 0.3 is 0 Å². The largest absolute Gasteiger partial charge is 0.356 e. The van der Waals surface area contributed by atoms with Gasteiger partial charge in [-0.3, -0.25) is 14.5 Å². The van der Waals surface area contributed by atoms with Crippen molar-refractivity contribution in [2.24, 2.45) is 0 Å². The number of benzene rings is 1. The number of aromatic nitrogens is 2. The molecule has 2 amide bonds. The molecule has 1 aromatic carbocycles. The van der Waals surface area contributed by atoms with Gasteiger partial charge in [0, 0.05) is 42.6 Å². The summed E-state index contributed by atoms with van der Waals surface area (Å²) in [5.74, 6) is 0.413. The molecule has 7 nitrogen and oxygen atoms in total. The molecule has 8 heteroatoms. The summed E-state index contributed by atoms with van der Waals surface area (Å²) in [5, 5.41) is 3.96. The predicted molar refractivity (Wildman–Crippen MR) is 130 cm³/mol. The lowest BCUT2D eigenvalue weighted by molar-refractivity contribution is -0.126. The molecule has 1 aliphatic rings. The fourth-order valence-electron chi connectivity index (χ4n) is 3.86. The zero-order valence-corrected chi connectivity index (χ0v) is 19.5. The molecule has 4 rings (SSSR count). The fraction of sp³-hybridized carbons (Fsp3) is 0.292. The highest BCUT2D eigenvalue weighted by Crippen LogP contribution is 2.25. The minimum absolute atomic E-state index is 0. The number of fused-ring (bicyclic) bond motifs is 2. The van der Waals surface area contributed by atoms with Crippen molar-refractivity contribution in [3.05, 3.63) is 65.0 Å². The Morgan fingerprint density at radius 2 is 2.06 bits per heavy atom. The summed E-state index contributed by atoms with van der Waals surface area (Å²) in [5.41, 5.74) is 5.03. The molecule has 1 atom stereocenters. The molecule has 0 radical (unpaired) electrons. The van der Waals surface area contributed by atoms with Crippen molar-refractivity contribution < 1.29 is 9.59 Å². The van der Waals surface area contributed by atoms with E-state index >= 15 is 0 Å². The van der Waals surface area contributed by atoms with Crippen LogP contribution in [0.2, 0.25) is 0 Å². The summed E-state index contributed by atoms with van der Waals surface area (Å²) in [6.45, 7) is 5.03. The maximum atomic E-state index is 12.8. The summed E-state index contributed by atoms with van der Waals surface area (Å²) in [6, 6.07) is 10.1. The van der Waals surface area contributed by atoms with E-state index in [4.69, 9.17) is 0 Å². The topological polar surface area (TPSA) is 81.3 Å². The van der Waals surface area contributed by atoms with Crippen molar-refractivity contribution in [2.75, 3.05) is 26.0 Å². The van der Waals surface area contributed by atoms with E-state index in [1.807, 2.05) is 31.0 Å². The summed E-state index contributed by atoms with van der Waals surface area (Å²) in [6.07, 6.45) is 4.99. The average molecular weight is 454 g/mol. The van der Waals surface area contributed by atoms with Crippen molar-refractivity contribution in [1.82, 2.24) is 19.8 Å². The van der Waals surface area contributed by atoms with Crippen LogP contribution in [-0.2, 0) is 16.1 Å². The molecule has 3 heterocycles. The summed E-state index contributed by atoms with van der Waals surface area (Å²) < 4.78 is 0. The number of para-hydroxylation sites is 1. The number of rotatable bonds is 4. The molecule has 168 valence electrons. The van der Waals surface area contributed by atoms with Crippen LogP contribution < -0.4 is 5.32 Å². The standard InChI is InChI=1S/C24H27N5O2.ClH/c1-15-6-5-7-18-11-20(26-23(15)18)16(2)29(4)22(31)9-8-17-10-19-13-28(3)14-21(30)27-24(19)25-12-17;/h5-12,16,26H,13-14H2,1-4H3,(H,25,27,30);1H. The van der Waals surface area contributed by atoms with E-state index in [9.17, 15) is 9.59 Å². The molecule has 0 saturated heterocycles. The zero-order valence-electron chi connectivity index (χ0n) is 18.7. The van der Waals surface area contributed by atoms with Crippen LogP contribution in [0.25, 0.3) is 17.0 Å². The van der Waals surface area contributed by atoms with Gasteiger partial charge in [-0.2, -0.15) is 0 Å². The van der Waals surface area contributed by atoms with Crippen molar-refractivity contribution >= 4 is 47.0 Å². The van der Waals surface area contributed by atoms with Crippen LogP contribution in [0.1, 0.15) is 35.3 Å². The molecule has 2 N–H and O–H groups in total. The quantitative estimate of drug-likeness (QED) is 0.587. The van der Waals surface area contributed by atoms with Gasteiger partial charge in [-0.25, -0.2) is 4.98 Å². The van der Waals surface area contributed by atoms with Gasteiger partial charge in [0.2, 0.25) is 11.8 Å². The second-order valence-electron chi connectivity index (χ2n) is 8.22. The van der Waals surface area contributed by atoms with Gasteiger partial charge in [-0.05, 0) is 55.6 Å². The first-order chi connectivity index (χ1) is 14.8. The summed E-state index contributed by atoms with van der Waals surface area (Å²) in [7, 11) is 3.69.